The van der Waals surface area contributed by atoms with Crippen LogP contribution in [0, 0.1) is 11.3 Å². The van der Waals surface area contributed by atoms with Crippen molar-refractivity contribution in [1.29, 1.82) is 5.26 Å². The van der Waals surface area contributed by atoms with Gasteiger partial charge in [-0.3, -0.25) is 10.9 Å². The fourth-order valence-electron chi connectivity index (χ4n) is 1.98. The fraction of sp³-hybridized carbons (Fsp3) is 0.250. The SMILES string of the molecule is COc1ccc(-c2nc(SC(C)C)nc(NNC(N)=S)c2C#N)cc1. The van der Waals surface area contributed by atoms with Gasteiger partial charge in [-0.25, -0.2) is 9.97 Å². The van der Waals surface area contributed by atoms with Gasteiger partial charge in [0.05, 0.1) is 12.8 Å². The Morgan fingerprint density at radius 2 is 2.00 bits per heavy atom. The highest BCUT2D eigenvalue weighted by Crippen LogP contribution is 2.30. The number of benzene rings is 1. The maximum atomic E-state index is 9.61. The molecule has 2 rings (SSSR count). The Morgan fingerprint density at radius 3 is 2.52 bits per heavy atom. The first kappa shape index (κ1) is 18.8. The van der Waals surface area contributed by atoms with Crippen molar-refractivity contribution in [3.8, 4) is 23.1 Å². The quantitative estimate of drug-likeness (QED) is 0.304. The zero-order valence-electron chi connectivity index (χ0n) is 14.0. The number of methoxy groups -OCH3 is 1. The van der Waals surface area contributed by atoms with E-state index in [-0.39, 0.29) is 10.4 Å². The summed E-state index contributed by atoms with van der Waals surface area (Å²) in [5, 5.41) is 10.5. The molecule has 7 nitrogen and oxygen atoms in total. The van der Waals surface area contributed by atoms with Crippen LogP contribution in [-0.4, -0.2) is 27.4 Å². The number of hydrogen-bond acceptors (Lipinski definition) is 7. The summed E-state index contributed by atoms with van der Waals surface area (Å²) in [4.78, 5) is 8.95. The summed E-state index contributed by atoms with van der Waals surface area (Å²) >= 11 is 6.28. The molecule has 0 fully saturated rings. The molecule has 0 aliphatic carbocycles. The summed E-state index contributed by atoms with van der Waals surface area (Å²) in [6.45, 7) is 4.08. The summed E-state index contributed by atoms with van der Waals surface area (Å²) in [5.74, 6) is 1.04. The van der Waals surface area contributed by atoms with Crippen LogP contribution < -0.4 is 21.3 Å². The van der Waals surface area contributed by atoms with Crippen molar-refractivity contribution in [2.75, 3.05) is 12.5 Å². The molecule has 0 amide bonds. The average Bonchev–Trinajstić information content (AvgIpc) is 2.59. The number of thioether (sulfide) groups is 1. The molecule has 0 atom stereocenters. The molecule has 0 aliphatic rings. The molecule has 9 heteroatoms. The van der Waals surface area contributed by atoms with Crippen LogP contribution in [0.3, 0.4) is 0 Å². The van der Waals surface area contributed by atoms with Gasteiger partial charge in [0.2, 0.25) is 0 Å². The molecule has 1 aromatic heterocycles. The molecule has 25 heavy (non-hydrogen) atoms. The molecule has 0 unspecified atom stereocenters. The predicted octanol–water partition coefficient (Wildman–Crippen LogP) is 2.68. The van der Waals surface area contributed by atoms with Crippen molar-refractivity contribution < 1.29 is 4.74 Å². The van der Waals surface area contributed by atoms with Crippen LogP contribution in [0.2, 0.25) is 0 Å². The second-order valence-corrected chi connectivity index (χ2v) is 7.18. The van der Waals surface area contributed by atoms with Crippen LogP contribution >= 0.6 is 24.0 Å². The Bertz CT molecular complexity index is 802. The Labute approximate surface area is 156 Å². The molecule has 0 aliphatic heterocycles. The lowest BCUT2D eigenvalue weighted by Crippen LogP contribution is -2.34. The summed E-state index contributed by atoms with van der Waals surface area (Å²) in [6.07, 6.45) is 0. The van der Waals surface area contributed by atoms with E-state index in [0.29, 0.717) is 22.2 Å². The number of nitrogens with two attached hydrogens (primary N) is 1. The molecule has 0 saturated carbocycles. The first-order valence-corrected chi connectivity index (χ1v) is 8.68. The van der Waals surface area contributed by atoms with E-state index in [1.165, 1.54) is 11.8 Å². The number of ether oxygens (including phenoxy) is 1. The Kier molecular flexibility index (Phi) is 6.38. The van der Waals surface area contributed by atoms with E-state index in [0.717, 1.165) is 11.3 Å². The maximum absolute atomic E-state index is 9.61. The van der Waals surface area contributed by atoms with Crippen LogP contribution in [0.15, 0.2) is 29.4 Å². The number of rotatable bonds is 6. The topological polar surface area (TPSA) is 109 Å². The zero-order chi connectivity index (χ0) is 18.4. The number of hydrazine groups is 1. The molecule has 130 valence electrons. The standard InChI is InChI=1S/C16H18N6OS2/c1-9(2)25-16-19-13(10-4-6-11(23-3)7-5-10)12(8-17)14(20-16)21-22-15(18)24/h4-7,9H,1-3H3,(H3,18,22,24)(H,19,20,21). The van der Waals surface area contributed by atoms with Gasteiger partial charge in [-0.1, -0.05) is 25.6 Å². The number of nitrogens with one attached hydrogen (secondary N) is 2. The number of nitriles is 1. The molecule has 0 bridgehead atoms. The van der Waals surface area contributed by atoms with E-state index in [2.05, 4.69) is 26.9 Å². The van der Waals surface area contributed by atoms with Crippen molar-refractivity contribution >= 4 is 34.9 Å². The third-order valence-corrected chi connectivity index (χ3v) is 3.98. The molecule has 0 saturated heterocycles. The van der Waals surface area contributed by atoms with Crippen LogP contribution in [0.1, 0.15) is 19.4 Å². The molecular formula is C16H18N6OS2. The Morgan fingerprint density at radius 1 is 1.32 bits per heavy atom. The van der Waals surface area contributed by atoms with Gasteiger partial charge in [0.1, 0.15) is 17.4 Å². The van der Waals surface area contributed by atoms with E-state index in [1.54, 1.807) is 7.11 Å². The predicted molar refractivity (Wildman–Crippen MR) is 103 cm³/mol. The zero-order valence-corrected chi connectivity index (χ0v) is 15.7. The van der Waals surface area contributed by atoms with Crippen LogP contribution in [-0.2, 0) is 0 Å². The largest absolute Gasteiger partial charge is 0.497 e. The maximum Gasteiger partial charge on any atom is 0.190 e. The highest BCUT2D eigenvalue weighted by atomic mass is 32.2. The summed E-state index contributed by atoms with van der Waals surface area (Å²) in [5.41, 5.74) is 12.4. The first-order valence-electron chi connectivity index (χ1n) is 7.39. The molecule has 1 aromatic carbocycles. The summed E-state index contributed by atoms with van der Waals surface area (Å²) in [6, 6.07) is 9.46. The van der Waals surface area contributed by atoms with Gasteiger partial charge in [-0.2, -0.15) is 5.26 Å². The Hall–Kier alpha value is -2.57. The highest BCUT2D eigenvalue weighted by molar-refractivity contribution is 7.99. The Balaban J connectivity index is 2.55. The van der Waals surface area contributed by atoms with Crippen LogP contribution in [0.5, 0.6) is 5.75 Å². The van der Waals surface area contributed by atoms with E-state index in [9.17, 15) is 5.26 Å². The molecule has 2 aromatic rings. The normalized spacial score (nSPS) is 10.2. The average molecular weight is 374 g/mol. The number of aromatic nitrogens is 2. The molecular weight excluding hydrogens is 356 g/mol. The minimum Gasteiger partial charge on any atom is -0.497 e. The van der Waals surface area contributed by atoms with Gasteiger partial charge in [0.25, 0.3) is 0 Å². The van der Waals surface area contributed by atoms with Gasteiger partial charge in [-0.05, 0) is 36.5 Å². The second-order valence-electron chi connectivity index (χ2n) is 5.20. The van der Waals surface area contributed by atoms with Crippen LogP contribution in [0.25, 0.3) is 11.3 Å². The van der Waals surface area contributed by atoms with Crippen LogP contribution in [0.4, 0.5) is 5.82 Å². The van der Waals surface area contributed by atoms with Crippen molar-refractivity contribution in [2.24, 2.45) is 5.73 Å². The molecule has 0 radical (unpaired) electrons. The second kappa shape index (κ2) is 8.50. The lowest BCUT2D eigenvalue weighted by atomic mass is 10.1. The lowest BCUT2D eigenvalue weighted by Gasteiger charge is -2.14. The van der Waals surface area contributed by atoms with Crippen molar-refractivity contribution in [3.05, 3.63) is 29.8 Å². The van der Waals surface area contributed by atoms with Crippen molar-refractivity contribution in [1.82, 2.24) is 15.4 Å². The van der Waals surface area contributed by atoms with Gasteiger partial charge < -0.3 is 10.5 Å². The highest BCUT2D eigenvalue weighted by Gasteiger charge is 2.17. The number of nitrogens with zero attached hydrogens (tertiary/aromatic N) is 3. The monoisotopic (exact) mass is 374 g/mol. The van der Waals surface area contributed by atoms with E-state index in [4.69, 9.17) is 22.7 Å². The van der Waals surface area contributed by atoms with E-state index >= 15 is 0 Å². The third kappa shape index (κ3) is 4.95. The third-order valence-electron chi connectivity index (χ3n) is 3.01. The minimum absolute atomic E-state index is 0.0477. The molecule has 4 N–H and O–H groups in total. The first-order chi connectivity index (χ1) is 11.9. The molecule has 0 spiro atoms. The smallest absolute Gasteiger partial charge is 0.190 e. The van der Waals surface area contributed by atoms with E-state index < -0.39 is 0 Å². The lowest BCUT2D eigenvalue weighted by molar-refractivity contribution is 0.415. The summed E-state index contributed by atoms with van der Waals surface area (Å²) < 4.78 is 5.17. The number of thiocarbonyl (C=S) groups is 1. The van der Waals surface area contributed by atoms with Crippen molar-refractivity contribution in [3.63, 3.8) is 0 Å². The minimum atomic E-state index is 0.0477. The van der Waals surface area contributed by atoms with Gasteiger partial charge in [-0.15, -0.1) is 0 Å². The number of hydrogen-bond donors (Lipinski definition) is 3. The van der Waals surface area contributed by atoms with Gasteiger partial charge >= 0.3 is 0 Å². The fourth-order valence-corrected chi connectivity index (χ4v) is 2.74. The number of anilines is 1. The van der Waals surface area contributed by atoms with Gasteiger partial charge in [0, 0.05) is 10.8 Å². The molecule has 1 heterocycles. The van der Waals surface area contributed by atoms with E-state index in [1.807, 2.05) is 38.1 Å². The van der Waals surface area contributed by atoms with Crippen molar-refractivity contribution in [2.45, 2.75) is 24.3 Å². The summed E-state index contributed by atoms with van der Waals surface area (Å²) in [7, 11) is 1.60. The van der Waals surface area contributed by atoms with Gasteiger partial charge in [0.15, 0.2) is 16.1 Å².